The molecule has 0 bridgehead atoms. The summed E-state index contributed by atoms with van der Waals surface area (Å²) in [5.74, 6) is -0.537. The average Bonchev–Trinajstić information content (AvgIpc) is 2.02. The zero-order valence-electron chi connectivity index (χ0n) is 8.97. The molecule has 74 valence electrons. The second kappa shape index (κ2) is 4.80. The Bertz CT molecular complexity index is 122. The first-order chi connectivity index (χ1) is 5.46. The van der Waals surface area contributed by atoms with E-state index >= 15 is 0 Å². The van der Waals surface area contributed by atoms with Gasteiger partial charge in [-0.25, -0.2) is 0 Å². The van der Waals surface area contributed by atoms with Gasteiger partial charge in [0, 0.05) is 20.3 Å². The Morgan fingerprint density at radius 3 is 1.75 bits per heavy atom. The molecule has 0 aromatic heterocycles. The van der Waals surface area contributed by atoms with Crippen molar-refractivity contribution in [2.24, 2.45) is 0 Å². The molecule has 0 aromatic carbocycles. The molecule has 3 heteroatoms. The maximum atomic E-state index is 5.26. The van der Waals surface area contributed by atoms with Crippen molar-refractivity contribution in [3.8, 4) is 0 Å². The third-order valence-electron chi connectivity index (χ3n) is 2.18. The monoisotopic (exact) mass is 175 g/mol. The molecule has 0 rings (SSSR count). The zero-order valence-corrected chi connectivity index (χ0v) is 8.97. The van der Waals surface area contributed by atoms with Crippen LogP contribution in [0.25, 0.3) is 0 Å². The van der Waals surface area contributed by atoms with Crippen molar-refractivity contribution in [2.75, 3.05) is 14.2 Å². The molecule has 12 heavy (non-hydrogen) atoms. The number of methoxy groups -OCH3 is 2. The van der Waals surface area contributed by atoms with Crippen LogP contribution in [0.2, 0.25) is 0 Å². The molecule has 0 aromatic rings. The second-order valence-corrected chi connectivity index (χ2v) is 3.47. The molecule has 0 heterocycles. The molecule has 1 atom stereocenters. The maximum Gasteiger partial charge on any atom is 0.179 e. The topological polar surface area (TPSA) is 30.5 Å². The molecular weight excluding hydrogens is 154 g/mol. The lowest BCUT2D eigenvalue weighted by atomic mass is 10.1. The van der Waals surface area contributed by atoms with Crippen LogP contribution in [0.15, 0.2) is 0 Å². The summed E-state index contributed by atoms with van der Waals surface area (Å²) in [6.07, 6.45) is 0. The second-order valence-electron chi connectivity index (χ2n) is 3.47. The Hall–Kier alpha value is -0.120. The molecule has 0 amide bonds. The molecule has 3 nitrogen and oxygen atoms in total. The molecule has 0 aliphatic carbocycles. The highest BCUT2D eigenvalue weighted by Gasteiger charge is 2.30. The number of rotatable bonds is 5. The number of ether oxygens (including phenoxy) is 2. The SMILES string of the molecule is COC(C)(OC)C(C)NC(C)C. The highest BCUT2D eigenvalue weighted by atomic mass is 16.7. The lowest BCUT2D eigenvalue weighted by Gasteiger charge is -2.34. The molecule has 0 aliphatic rings. The third-order valence-corrected chi connectivity index (χ3v) is 2.18. The van der Waals surface area contributed by atoms with Crippen molar-refractivity contribution in [2.45, 2.75) is 45.6 Å². The van der Waals surface area contributed by atoms with Gasteiger partial charge in [-0.05, 0) is 13.8 Å². The number of hydrogen-bond acceptors (Lipinski definition) is 3. The summed E-state index contributed by atoms with van der Waals surface area (Å²) in [5.41, 5.74) is 0. The fourth-order valence-electron chi connectivity index (χ4n) is 1.09. The molecule has 0 saturated carbocycles. The summed E-state index contributed by atoms with van der Waals surface area (Å²) >= 11 is 0. The van der Waals surface area contributed by atoms with Gasteiger partial charge in [-0.2, -0.15) is 0 Å². The summed E-state index contributed by atoms with van der Waals surface area (Å²) in [6, 6.07) is 0.608. The van der Waals surface area contributed by atoms with E-state index < -0.39 is 5.79 Å². The van der Waals surface area contributed by atoms with Crippen LogP contribution in [-0.4, -0.2) is 32.1 Å². The smallest absolute Gasteiger partial charge is 0.179 e. The standard InChI is InChI=1S/C9H21NO2/c1-7(2)10-8(3)9(4,11-5)12-6/h7-8,10H,1-6H3. The summed E-state index contributed by atoms with van der Waals surface area (Å²) < 4.78 is 10.5. The molecule has 0 radical (unpaired) electrons. The van der Waals surface area contributed by atoms with Gasteiger partial charge in [0.25, 0.3) is 0 Å². The van der Waals surface area contributed by atoms with Gasteiger partial charge in [-0.15, -0.1) is 0 Å². The summed E-state index contributed by atoms with van der Waals surface area (Å²) in [7, 11) is 3.31. The minimum atomic E-state index is -0.537. The average molecular weight is 175 g/mol. The quantitative estimate of drug-likeness (QED) is 0.640. The van der Waals surface area contributed by atoms with Crippen LogP contribution in [-0.2, 0) is 9.47 Å². The fraction of sp³-hybridized carbons (Fsp3) is 1.00. The van der Waals surface area contributed by atoms with Crippen molar-refractivity contribution >= 4 is 0 Å². The van der Waals surface area contributed by atoms with Crippen LogP contribution >= 0.6 is 0 Å². The van der Waals surface area contributed by atoms with Gasteiger partial charge in [0.15, 0.2) is 5.79 Å². The van der Waals surface area contributed by atoms with Crippen LogP contribution in [0.4, 0.5) is 0 Å². The molecular formula is C9H21NO2. The van der Waals surface area contributed by atoms with Crippen molar-refractivity contribution in [3.63, 3.8) is 0 Å². The number of nitrogens with one attached hydrogen (secondary N) is 1. The van der Waals surface area contributed by atoms with E-state index in [1.807, 2.05) is 13.8 Å². The normalized spacial score (nSPS) is 15.2. The van der Waals surface area contributed by atoms with E-state index in [1.165, 1.54) is 0 Å². The molecule has 0 aliphatic heterocycles. The predicted molar refractivity (Wildman–Crippen MR) is 50.2 cm³/mol. The van der Waals surface area contributed by atoms with Crippen molar-refractivity contribution in [1.29, 1.82) is 0 Å². The zero-order chi connectivity index (χ0) is 9.78. The van der Waals surface area contributed by atoms with Gasteiger partial charge >= 0.3 is 0 Å². The van der Waals surface area contributed by atoms with Gasteiger partial charge < -0.3 is 14.8 Å². The fourth-order valence-corrected chi connectivity index (χ4v) is 1.09. The Balaban J connectivity index is 4.11. The summed E-state index contributed by atoms with van der Waals surface area (Å²) in [5, 5.41) is 3.34. The van der Waals surface area contributed by atoms with Gasteiger partial charge in [0.2, 0.25) is 0 Å². The minimum Gasteiger partial charge on any atom is -0.352 e. The third kappa shape index (κ3) is 3.09. The van der Waals surface area contributed by atoms with E-state index in [1.54, 1.807) is 14.2 Å². The van der Waals surface area contributed by atoms with E-state index in [0.717, 1.165) is 0 Å². The van der Waals surface area contributed by atoms with E-state index in [2.05, 4.69) is 19.2 Å². The van der Waals surface area contributed by atoms with Gasteiger partial charge in [-0.3, -0.25) is 0 Å². The first-order valence-electron chi connectivity index (χ1n) is 4.32. The maximum absolute atomic E-state index is 5.26. The van der Waals surface area contributed by atoms with Crippen molar-refractivity contribution < 1.29 is 9.47 Å². The van der Waals surface area contributed by atoms with Crippen molar-refractivity contribution in [1.82, 2.24) is 5.32 Å². The van der Waals surface area contributed by atoms with Gasteiger partial charge in [0.05, 0.1) is 6.04 Å². The van der Waals surface area contributed by atoms with Crippen LogP contribution < -0.4 is 5.32 Å². The van der Waals surface area contributed by atoms with E-state index in [9.17, 15) is 0 Å². The minimum absolute atomic E-state index is 0.174. The molecule has 1 unspecified atom stereocenters. The first-order valence-corrected chi connectivity index (χ1v) is 4.32. The Kier molecular flexibility index (Phi) is 4.75. The Morgan fingerprint density at radius 1 is 1.08 bits per heavy atom. The summed E-state index contributed by atoms with van der Waals surface area (Å²) in [4.78, 5) is 0. The lowest BCUT2D eigenvalue weighted by molar-refractivity contribution is -0.210. The van der Waals surface area contributed by atoms with Gasteiger partial charge in [-0.1, -0.05) is 13.8 Å². The van der Waals surface area contributed by atoms with Crippen LogP contribution in [0, 0.1) is 0 Å². The molecule has 0 spiro atoms. The van der Waals surface area contributed by atoms with Crippen molar-refractivity contribution in [3.05, 3.63) is 0 Å². The van der Waals surface area contributed by atoms with Gasteiger partial charge in [0.1, 0.15) is 0 Å². The first kappa shape index (κ1) is 11.9. The Labute approximate surface area is 75.4 Å². The van der Waals surface area contributed by atoms with Crippen LogP contribution in [0.3, 0.4) is 0 Å². The highest BCUT2D eigenvalue weighted by Crippen LogP contribution is 2.15. The Morgan fingerprint density at radius 2 is 1.50 bits per heavy atom. The number of hydrogen-bond donors (Lipinski definition) is 1. The highest BCUT2D eigenvalue weighted by molar-refractivity contribution is 4.78. The van der Waals surface area contributed by atoms with Crippen LogP contribution in [0.1, 0.15) is 27.7 Å². The van der Waals surface area contributed by atoms with Crippen LogP contribution in [0.5, 0.6) is 0 Å². The predicted octanol–water partition coefficient (Wildman–Crippen LogP) is 1.38. The van der Waals surface area contributed by atoms with E-state index in [0.29, 0.717) is 6.04 Å². The molecule has 0 saturated heterocycles. The molecule has 0 fully saturated rings. The van der Waals surface area contributed by atoms with E-state index in [4.69, 9.17) is 9.47 Å². The largest absolute Gasteiger partial charge is 0.352 e. The summed E-state index contributed by atoms with van der Waals surface area (Å²) in [6.45, 7) is 8.17. The van der Waals surface area contributed by atoms with E-state index in [-0.39, 0.29) is 6.04 Å². The lowest BCUT2D eigenvalue weighted by Crippen LogP contribution is -2.51. The molecule has 1 N–H and O–H groups in total.